The van der Waals surface area contributed by atoms with Gasteiger partial charge in [-0.2, -0.15) is 13.2 Å². The molecule has 0 aliphatic heterocycles. The van der Waals surface area contributed by atoms with Gasteiger partial charge in [-0.25, -0.2) is 9.97 Å². The molecule has 0 amide bonds. The maximum Gasteiger partial charge on any atom is 0.433 e. The summed E-state index contributed by atoms with van der Waals surface area (Å²) in [5.74, 6) is 0.303. The minimum Gasteiger partial charge on any atom is -0.437 e. The summed E-state index contributed by atoms with van der Waals surface area (Å²) in [4.78, 5) is 7.50. The van der Waals surface area contributed by atoms with Crippen LogP contribution in [0.1, 0.15) is 25.1 Å². The molecular formula is C17H17F3N4O. The average molecular weight is 350 g/mol. The van der Waals surface area contributed by atoms with Crippen LogP contribution in [0.15, 0.2) is 42.4 Å². The molecule has 8 heteroatoms. The molecule has 0 spiro atoms. The van der Waals surface area contributed by atoms with Crippen molar-refractivity contribution in [1.82, 2.24) is 15.3 Å². The van der Waals surface area contributed by atoms with Crippen molar-refractivity contribution < 1.29 is 17.9 Å². The summed E-state index contributed by atoms with van der Waals surface area (Å²) < 4.78 is 43.3. The molecule has 2 N–H and O–H groups in total. The highest BCUT2D eigenvalue weighted by atomic mass is 19.4. The van der Waals surface area contributed by atoms with Crippen LogP contribution in [0.5, 0.6) is 11.6 Å². The van der Waals surface area contributed by atoms with Crippen molar-refractivity contribution in [1.29, 1.82) is 5.41 Å². The zero-order valence-electron chi connectivity index (χ0n) is 13.9. The van der Waals surface area contributed by atoms with Crippen LogP contribution >= 0.6 is 0 Å². The molecule has 0 saturated carbocycles. The van der Waals surface area contributed by atoms with E-state index in [-0.39, 0.29) is 11.6 Å². The Bertz CT molecular complexity index is 798. The molecule has 0 aliphatic rings. The number of alkyl halides is 3. The van der Waals surface area contributed by atoms with Crippen molar-refractivity contribution in [3.8, 4) is 11.6 Å². The van der Waals surface area contributed by atoms with Crippen molar-refractivity contribution >= 4 is 11.3 Å². The lowest BCUT2D eigenvalue weighted by Gasteiger charge is -2.15. The molecule has 2 aromatic rings. The summed E-state index contributed by atoms with van der Waals surface area (Å²) in [7, 11) is 1.73. The van der Waals surface area contributed by atoms with Gasteiger partial charge >= 0.3 is 6.18 Å². The summed E-state index contributed by atoms with van der Waals surface area (Å²) >= 11 is 0. The van der Waals surface area contributed by atoms with Crippen LogP contribution in [0, 0.1) is 5.41 Å². The zero-order chi connectivity index (χ0) is 18.6. The molecule has 0 fully saturated rings. The summed E-state index contributed by atoms with van der Waals surface area (Å²) in [6.07, 6.45) is -2.01. The lowest BCUT2D eigenvalue weighted by Crippen LogP contribution is -2.10. The van der Waals surface area contributed by atoms with E-state index >= 15 is 0 Å². The lowest BCUT2D eigenvalue weighted by atomic mass is 10.0. The van der Waals surface area contributed by atoms with Gasteiger partial charge in [0, 0.05) is 35.8 Å². The van der Waals surface area contributed by atoms with Crippen LogP contribution < -0.4 is 10.1 Å². The summed E-state index contributed by atoms with van der Waals surface area (Å²) in [5.41, 5.74) is 1.21. The van der Waals surface area contributed by atoms with E-state index in [0.717, 1.165) is 18.0 Å². The van der Waals surface area contributed by atoms with Crippen LogP contribution in [-0.4, -0.2) is 22.7 Å². The number of hydrogen-bond acceptors (Lipinski definition) is 5. The third-order valence-electron chi connectivity index (χ3n) is 3.41. The van der Waals surface area contributed by atoms with E-state index in [1.165, 1.54) is 12.3 Å². The molecule has 25 heavy (non-hydrogen) atoms. The van der Waals surface area contributed by atoms with Gasteiger partial charge in [0.25, 0.3) is 0 Å². The predicted octanol–water partition coefficient (Wildman–Crippen LogP) is 4.28. The molecule has 0 aliphatic carbocycles. The van der Waals surface area contributed by atoms with Crippen LogP contribution in [0.4, 0.5) is 13.2 Å². The molecule has 0 aromatic carbocycles. The number of nitrogens with zero attached hydrogens (tertiary/aromatic N) is 2. The first-order valence-electron chi connectivity index (χ1n) is 7.34. The number of ether oxygens (including phenoxy) is 1. The molecule has 132 valence electrons. The maximum atomic E-state index is 12.6. The number of pyridine rings is 2. The second-order valence-electron chi connectivity index (χ2n) is 5.21. The van der Waals surface area contributed by atoms with Crippen LogP contribution in [0.2, 0.25) is 0 Å². The van der Waals surface area contributed by atoms with Crippen molar-refractivity contribution in [2.24, 2.45) is 0 Å². The molecule has 0 unspecified atom stereocenters. The Morgan fingerprint density at radius 2 is 1.88 bits per heavy atom. The largest absolute Gasteiger partial charge is 0.437 e. The van der Waals surface area contributed by atoms with E-state index in [2.05, 4.69) is 15.3 Å². The minimum atomic E-state index is -4.51. The third kappa shape index (κ3) is 4.34. The van der Waals surface area contributed by atoms with E-state index < -0.39 is 11.9 Å². The fraction of sp³-hybridized carbons (Fsp3) is 0.235. The van der Waals surface area contributed by atoms with Crippen molar-refractivity contribution in [3.05, 3.63) is 53.6 Å². The van der Waals surface area contributed by atoms with Gasteiger partial charge in [-0.3, -0.25) is 0 Å². The monoisotopic (exact) mass is 350 g/mol. The SMILES string of the molecule is CN/C(C)=C(\C(C)=N)c1cccnc1Oc1ccc(C(F)(F)F)nc1. The highest BCUT2D eigenvalue weighted by Gasteiger charge is 2.32. The van der Waals surface area contributed by atoms with E-state index in [9.17, 15) is 13.2 Å². The van der Waals surface area contributed by atoms with Gasteiger partial charge in [0.05, 0.1) is 6.20 Å². The molecular weight excluding hydrogens is 333 g/mol. The second kappa shape index (κ2) is 7.33. The van der Waals surface area contributed by atoms with Gasteiger partial charge in [-0.15, -0.1) is 0 Å². The van der Waals surface area contributed by atoms with Crippen molar-refractivity contribution in [2.45, 2.75) is 20.0 Å². The molecule has 0 radical (unpaired) electrons. The highest BCUT2D eigenvalue weighted by molar-refractivity contribution is 6.22. The number of allylic oxidation sites excluding steroid dienone is 2. The lowest BCUT2D eigenvalue weighted by molar-refractivity contribution is -0.141. The van der Waals surface area contributed by atoms with Gasteiger partial charge < -0.3 is 15.5 Å². The summed E-state index contributed by atoms with van der Waals surface area (Å²) in [5, 5.41) is 11.0. The Morgan fingerprint density at radius 1 is 1.16 bits per heavy atom. The zero-order valence-corrected chi connectivity index (χ0v) is 13.9. The normalized spacial score (nSPS) is 12.4. The Labute approximate surface area is 143 Å². The standard InChI is InChI=1S/C17H17F3N4O/c1-10(21)15(11(2)22-3)13-5-4-8-23-16(13)25-12-6-7-14(24-9-12)17(18,19)20/h4-9,21-22H,1-3H3/b15-11+,21-10?. The number of nitrogens with one attached hydrogen (secondary N) is 2. The van der Waals surface area contributed by atoms with Crippen molar-refractivity contribution in [2.75, 3.05) is 7.05 Å². The van der Waals surface area contributed by atoms with Crippen molar-refractivity contribution in [3.63, 3.8) is 0 Å². The quantitative estimate of drug-likeness (QED) is 0.790. The topological polar surface area (TPSA) is 70.9 Å². The van der Waals surface area contributed by atoms with Crippen LogP contribution in [0.3, 0.4) is 0 Å². The molecule has 0 saturated heterocycles. The fourth-order valence-electron chi connectivity index (χ4n) is 2.19. The Hall–Kier alpha value is -2.90. The number of rotatable bonds is 5. The number of hydrogen-bond donors (Lipinski definition) is 2. The first-order valence-corrected chi connectivity index (χ1v) is 7.34. The van der Waals surface area contributed by atoms with Crippen LogP contribution in [-0.2, 0) is 6.18 Å². The third-order valence-corrected chi connectivity index (χ3v) is 3.41. The van der Waals surface area contributed by atoms with E-state index in [1.54, 1.807) is 26.1 Å². The minimum absolute atomic E-state index is 0.122. The molecule has 0 atom stereocenters. The molecule has 0 bridgehead atoms. The molecule has 2 aromatic heterocycles. The first kappa shape index (κ1) is 18.4. The Balaban J connectivity index is 2.40. The highest BCUT2D eigenvalue weighted by Crippen LogP contribution is 2.32. The maximum absolute atomic E-state index is 12.6. The number of halogens is 3. The van der Waals surface area contributed by atoms with Gasteiger partial charge in [-0.05, 0) is 38.1 Å². The fourth-order valence-corrected chi connectivity index (χ4v) is 2.19. The number of aromatic nitrogens is 2. The summed E-state index contributed by atoms with van der Waals surface area (Å²) in [6.45, 7) is 3.44. The summed E-state index contributed by atoms with van der Waals surface area (Å²) in [6, 6.07) is 5.45. The van der Waals surface area contributed by atoms with E-state index in [1.807, 2.05) is 6.92 Å². The molecule has 2 rings (SSSR count). The second-order valence-corrected chi connectivity index (χ2v) is 5.21. The average Bonchev–Trinajstić information content (AvgIpc) is 2.56. The van der Waals surface area contributed by atoms with Gasteiger partial charge in [0.1, 0.15) is 11.4 Å². The van der Waals surface area contributed by atoms with Gasteiger partial charge in [0.15, 0.2) is 0 Å². The predicted molar refractivity (Wildman–Crippen MR) is 88.6 cm³/mol. The Morgan fingerprint density at radius 3 is 2.40 bits per heavy atom. The molecule has 2 heterocycles. The smallest absolute Gasteiger partial charge is 0.433 e. The van der Waals surface area contributed by atoms with E-state index in [4.69, 9.17) is 10.1 Å². The Kier molecular flexibility index (Phi) is 5.41. The van der Waals surface area contributed by atoms with Gasteiger partial charge in [-0.1, -0.05) is 0 Å². The van der Waals surface area contributed by atoms with E-state index in [0.29, 0.717) is 16.8 Å². The van der Waals surface area contributed by atoms with Crippen LogP contribution in [0.25, 0.3) is 5.57 Å². The van der Waals surface area contributed by atoms with Gasteiger partial charge in [0.2, 0.25) is 5.88 Å². The first-order chi connectivity index (χ1) is 11.7. The molecule has 5 nitrogen and oxygen atoms in total.